The molecule has 2 rings (SSSR count). The van der Waals surface area contributed by atoms with E-state index in [1.165, 1.54) is 6.20 Å². The zero-order valence-corrected chi connectivity index (χ0v) is 13.0. The van der Waals surface area contributed by atoms with Crippen molar-refractivity contribution in [2.45, 2.75) is 6.92 Å². The molecular formula is C14H15ClN2O3S. The van der Waals surface area contributed by atoms with Gasteiger partial charge in [0.25, 0.3) is 5.91 Å². The van der Waals surface area contributed by atoms with Gasteiger partial charge in [-0.2, -0.15) is 0 Å². The Morgan fingerprint density at radius 1 is 1.29 bits per heavy atom. The molecule has 1 amide bonds. The Morgan fingerprint density at radius 2 is 1.95 bits per heavy atom. The second-order valence-corrected chi connectivity index (χ2v) is 7.33. The number of hydrogen-bond acceptors (Lipinski definition) is 4. The van der Waals surface area contributed by atoms with Gasteiger partial charge in [-0.25, -0.2) is 13.4 Å². The molecule has 21 heavy (non-hydrogen) atoms. The molecule has 1 N–H and O–H groups in total. The lowest BCUT2D eigenvalue weighted by atomic mass is 10.1. The van der Waals surface area contributed by atoms with Crippen LogP contribution in [0, 0.1) is 0 Å². The number of rotatable bonds is 5. The largest absolute Gasteiger partial charge is 0.351 e. The molecule has 0 saturated carbocycles. The quantitative estimate of drug-likeness (QED) is 0.853. The van der Waals surface area contributed by atoms with Crippen LogP contribution in [-0.4, -0.2) is 37.4 Å². The van der Waals surface area contributed by atoms with E-state index in [0.717, 1.165) is 0 Å². The molecule has 0 aliphatic heterocycles. The number of sulfone groups is 1. The Bertz CT molecular complexity index is 775. The van der Waals surface area contributed by atoms with Gasteiger partial charge < -0.3 is 5.32 Å². The van der Waals surface area contributed by atoms with Gasteiger partial charge in [0.05, 0.1) is 11.3 Å². The zero-order valence-electron chi connectivity index (χ0n) is 11.5. The van der Waals surface area contributed by atoms with Crippen LogP contribution in [0.3, 0.4) is 0 Å². The lowest BCUT2D eigenvalue weighted by Gasteiger charge is -2.08. The van der Waals surface area contributed by atoms with Crippen molar-refractivity contribution in [3.63, 3.8) is 0 Å². The van der Waals surface area contributed by atoms with E-state index >= 15 is 0 Å². The highest BCUT2D eigenvalue weighted by atomic mass is 35.5. The van der Waals surface area contributed by atoms with Crippen molar-refractivity contribution >= 4 is 38.1 Å². The first-order valence-electron chi connectivity index (χ1n) is 6.46. The standard InChI is InChI=1S/C14H15ClN2O3S/c1-2-21(19,20)8-7-16-14(18)12-9-17-13(15)11-6-4-3-5-10(11)12/h3-6,9H,2,7-8H2,1H3,(H,16,18). The first-order chi connectivity index (χ1) is 9.94. The van der Waals surface area contributed by atoms with Gasteiger partial charge in [0, 0.05) is 23.9 Å². The van der Waals surface area contributed by atoms with E-state index in [0.29, 0.717) is 21.5 Å². The SMILES string of the molecule is CCS(=O)(=O)CCNC(=O)c1cnc(Cl)c2ccccc12. The summed E-state index contributed by atoms with van der Waals surface area (Å²) >= 11 is 5.99. The monoisotopic (exact) mass is 326 g/mol. The molecule has 0 aliphatic rings. The van der Waals surface area contributed by atoms with Gasteiger partial charge in [-0.3, -0.25) is 4.79 Å². The fourth-order valence-corrected chi connectivity index (χ4v) is 2.81. The van der Waals surface area contributed by atoms with E-state index in [9.17, 15) is 13.2 Å². The summed E-state index contributed by atoms with van der Waals surface area (Å²) in [6.07, 6.45) is 1.40. The number of halogens is 1. The molecule has 7 heteroatoms. The molecule has 0 radical (unpaired) electrons. The summed E-state index contributed by atoms with van der Waals surface area (Å²) in [6, 6.07) is 7.17. The van der Waals surface area contributed by atoms with Gasteiger partial charge in [0.2, 0.25) is 0 Å². The summed E-state index contributed by atoms with van der Waals surface area (Å²) in [4.78, 5) is 16.1. The van der Waals surface area contributed by atoms with E-state index < -0.39 is 9.84 Å². The predicted octanol–water partition coefficient (Wildman–Crippen LogP) is 2.05. The van der Waals surface area contributed by atoms with E-state index in [-0.39, 0.29) is 24.0 Å². The lowest BCUT2D eigenvalue weighted by molar-refractivity contribution is 0.0957. The number of nitrogens with zero attached hydrogens (tertiary/aromatic N) is 1. The maximum absolute atomic E-state index is 12.2. The number of hydrogen-bond donors (Lipinski definition) is 1. The molecule has 0 spiro atoms. The Balaban J connectivity index is 2.19. The van der Waals surface area contributed by atoms with Crippen LogP contribution < -0.4 is 5.32 Å². The van der Waals surface area contributed by atoms with Crippen LogP contribution in [0.2, 0.25) is 5.15 Å². The van der Waals surface area contributed by atoms with E-state index in [1.54, 1.807) is 25.1 Å². The number of carbonyl (C=O) groups excluding carboxylic acids is 1. The van der Waals surface area contributed by atoms with Gasteiger partial charge >= 0.3 is 0 Å². The molecule has 0 unspecified atom stereocenters. The molecule has 0 bridgehead atoms. The third-order valence-corrected chi connectivity index (χ3v) is 5.14. The maximum Gasteiger partial charge on any atom is 0.253 e. The fraction of sp³-hybridized carbons (Fsp3) is 0.286. The van der Waals surface area contributed by atoms with Crippen molar-refractivity contribution in [1.82, 2.24) is 10.3 Å². The van der Waals surface area contributed by atoms with Crippen LogP contribution in [0.1, 0.15) is 17.3 Å². The maximum atomic E-state index is 12.2. The summed E-state index contributed by atoms with van der Waals surface area (Å²) in [6.45, 7) is 1.65. The molecule has 1 aromatic heterocycles. The number of amides is 1. The van der Waals surface area contributed by atoms with Crippen LogP contribution in [0.5, 0.6) is 0 Å². The highest BCUT2D eigenvalue weighted by Crippen LogP contribution is 2.23. The Hall–Kier alpha value is -1.66. The Labute approximate surface area is 128 Å². The minimum atomic E-state index is -3.10. The van der Waals surface area contributed by atoms with E-state index in [2.05, 4.69) is 10.3 Å². The van der Waals surface area contributed by atoms with Gasteiger partial charge in [0.15, 0.2) is 9.84 Å². The smallest absolute Gasteiger partial charge is 0.253 e. The number of aromatic nitrogens is 1. The molecule has 0 saturated heterocycles. The third kappa shape index (κ3) is 3.71. The number of pyridine rings is 1. The summed E-state index contributed by atoms with van der Waals surface area (Å²) in [5, 5.41) is 4.31. The highest BCUT2D eigenvalue weighted by molar-refractivity contribution is 7.91. The van der Waals surface area contributed by atoms with Crippen molar-refractivity contribution in [2.75, 3.05) is 18.1 Å². The summed E-state index contributed by atoms with van der Waals surface area (Å²) < 4.78 is 22.8. The van der Waals surface area contributed by atoms with Crippen LogP contribution in [0.15, 0.2) is 30.5 Å². The predicted molar refractivity (Wildman–Crippen MR) is 83.4 cm³/mol. The average Bonchev–Trinajstić information content (AvgIpc) is 2.47. The summed E-state index contributed by atoms with van der Waals surface area (Å²) in [5.41, 5.74) is 0.379. The van der Waals surface area contributed by atoms with E-state index in [1.807, 2.05) is 6.07 Å². The zero-order chi connectivity index (χ0) is 15.5. The Kier molecular flexibility index (Phi) is 4.80. The molecular weight excluding hydrogens is 312 g/mol. The van der Waals surface area contributed by atoms with Crippen LogP contribution in [-0.2, 0) is 9.84 Å². The second kappa shape index (κ2) is 6.41. The van der Waals surface area contributed by atoms with Gasteiger partial charge in [-0.15, -0.1) is 0 Å². The minimum absolute atomic E-state index is 0.0638. The fourth-order valence-electron chi connectivity index (χ4n) is 1.90. The molecule has 0 atom stereocenters. The molecule has 1 heterocycles. The molecule has 5 nitrogen and oxygen atoms in total. The molecule has 0 fully saturated rings. The second-order valence-electron chi connectivity index (χ2n) is 4.50. The van der Waals surface area contributed by atoms with Crippen LogP contribution in [0.4, 0.5) is 0 Å². The molecule has 0 aliphatic carbocycles. The van der Waals surface area contributed by atoms with Gasteiger partial charge in [0.1, 0.15) is 5.15 Å². The van der Waals surface area contributed by atoms with E-state index in [4.69, 9.17) is 11.6 Å². The number of nitrogens with one attached hydrogen (secondary N) is 1. The molecule has 1 aromatic carbocycles. The lowest BCUT2D eigenvalue weighted by Crippen LogP contribution is -2.29. The van der Waals surface area contributed by atoms with Crippen molar-refractivity contribution < 1.29 is 13.2 Å². The summed E-state index contributed by atoms with van der Waals surface area (Å²) in [5.74, 6) is -0.371. The first kappa shape index (κ1) is 15.7. The van der Waals surface area contributed by atoms with Crippen molar-refractivity contribution in [3.05, 3.63) is 41.2 Å². The first-order valence-corrected chi connectivity index (χ1v) is 8.66. The Morgan fingerprint density at radius 3 is 2.62 bits per heavy atom. The third-order valence-electron chi connectivity index (χ3n) is 3.13. The van der Waals surface area contributed by atoms with Gasteiger partial charge in [-0.05, 0) is 5.39 Å². The minimum Gasteiger partial charge on any atom is -0.351 e. The van der Waals surface area contributed by atoms with Gasteiger partial charge in [-0.1, -0.05) is 42.8 Å². The van der Waals surface area contributed by atoms with Crippen molar-refractivity contribution in [2.24, 2.45) is 0 Å². The molecule has 2 aromatic rings. The number of fused-ring (bicyclic) bond motifs is 1. The number of benzene rings is 1. The molecule has 112 valence electrons. The van der Waals surface area contributed by atoms with Crippen LogP contribution in [0.25, 0.3) is 10.8 Å². The van der Waals surface area contributed by atoms with Crippen molar-refractivity contribution in [3.8, 4) is 0 Å². The normalized spacial score (nSPS) is 11.5. The number of carbonyl (C=O) groups is 1. The van der Waals surface area contributed by atoms with Crippen LogP contribution >= 0.6 is 11.6 Å². The average molecular weight is 327 g/mol. The topological polar surface area (TPSA) is 76.1 Å². The highest BCUT2D eigenvalue weighted by Gasteiger charge is 2.13. The van der Waals surface area contributed by atoms with Crippen molar-refractivity contribution in [1.29, 1.82) is 0 Å². The summed E-state index contributed by atoms with van der Waals surface area (Å²) in [7, 11) is -3.10.